The molecule has 0 aliphatic heterocycles. The zero-order valence-corrected chi connectivity index (χ0v) is 17.0. The molecule has 2 aromatic rings. The number of nitrogens with one attached hydrogen (secondary N) is 1. The van der Waals surface area contributed by atoms with E-state index < -0.39 is 21.9 Å². The van der Waals surface area contributed by atoms with Crippen molar-refractivity contribution in [2.24, 2.45) is 7.05 Å². The van der Waals surface area contributed by atoms with Crippen LogP contribution in [0.15, 0.2) is 9.37 Å². The maximum atomic E-state index is 12.8. The first-order chi connectivity index (χ1) is 11.9. The maximum absolute atomic E-state index is 12.8. The Labute approximate surface area is 157 Å². The Hall–Kier alpha value is -1.40. The van der Waals surface area contributed by atoms with Crippen LogP contribution < -0.4 is 4.72 Å². The second-order valence-corrected chi connectivity index (χ2v) is 8.34. The van der Waals surface area contributed by atoms with E-state index in [0.29, 0.717) is 17.1 Å². The van der Waals surface area contributed by atoms with Gasteiger partial charge in [-0.15, -0.1) is 0 Å². The summed E-state index contributed by atoms with van der Waals surface area (Å²) in [4.78, 5) is 0.123. The topological polar surface area (TPSA) is 81.8 Å². The number of hydrogen-bond donors (Lipinski definition) is 1. The Morgan fingerprint density at radius 3 is 2.23 bits per heavy atom. The number of alkyl halides is 3. The van der Waals surface area contributed by atoms with Gasteiger partial charge in [0.1, 0.15) is 4.90 Å². The van der Waals surface area contributed by atoms with Gasteiger partial charge in [-0.05, 0) is 43.1 Å². The van der Waals surface area contributed by atoms with Gasteiger partial charge < -0.3 is 0 Å². The average Bonchev–Trinajstić information content (AvgIpc) is 2.93. The highest BCUT2D eigenvalue weighted by atomic mass is 79.9. The highest BCUT2D eigenvalue weighted by molar-refractivity contribution is 9.10. The molecule has 1 N–H and O–H groups in total. The number of rotatable bonds is 6. The third kappa shape index (κ3) is 4.12. The van der Waals surface area contributed by atoms with Gasteiger partial charge in [-0.25, -0.2) is 13.1 Å². The zero-order chi connectivity index (χ0) is 19.9. The van der Waals surface area contributed by atoms with Crippen molar-refractivity contribution in [2.45, 2.75) is 44.8 Å². The lowest BCUT2D eigenvalue weighted by Crippen LogP contribution is -2.26. The molecule has 0 saturated carbocycles. The van der Waals surface area contributed by atoms with Crippen LogP contribution in [-0.4, -0.2) is 34.5 Å². The largest absolute Gasteiger partial charge is 0.436 e. The lowest BCUT2D eigenvalue weighted by atomic mass is 10.3. The summed E-state index contributed by atoms with van der Waals surface area (Å²) in [6.07, 6.45) is -4.27. The van der Waals surface area contributed by atoms with E-state index in [-0.39, 0.29) is 28.9 Å². The summed E-state index contributed by atoms with van der Waals surface area (Å²) < 4.78 is 68.4. The van der Waals surface area contributed by atoms with Crippen molar-refractivity contribution in [2.75, 3.05) is 6.54 Å². The van der Waals surface area contributed by atoms with Crippen molar-refractivity contribution in [3.63, 3.8) is 0 Å². The number of halogens is 4. The molecule has 146 valence electrons. The van der Waals surface area contributed by atoms with Gasteiger partial charge in [0.25, 0.3) is 0 Å². The Morgan fingerprint density at radius 1 is 1.15 bits per heavy atom. The van der Waals surface area contributed by atoms with Crippen molar-refractivity contribution >= 4 is 26.0 Å². The fourth-order valence-corrected chi connectivity index (χ4v) is 4.59. The van der Waals surface area contributed by atoms with Gasteiger partial charge >= 0.3 is 6.18 Å². The summed E-state index contributed by atoms with van der Waals surface area (Å²) >= 11 is 2.90. The van der Waals surface area contributed by atoms with E-state index >= 15 is 0 Å². The van der Waals surface area contributed by atoms with Gasteiger partial charge in [0.2, 0.25) is 10.0 Å². The van der Waals surface area contributed by atoms with Crippen molar-refractivity contribution in [3.05, 3.63) is 27.2 Å². The van der Waals surface area contributed by atoms with Crippen LogP contribution >= 0.6 is 15.9 Å². The normalized spacial score (nSPS) is 12.8. The summed E-state index contributed by atoms with van der Waals surface area (Å²) in [5.41, 5.74) is 0.243. The Kier molecular flexibility index (Phi) is 5.88. The molecular formula is C14H19BrF3N5O2S. The fourth-order valence-electron chi connectivity index (χ4n) is 2.57. The van der Waals surface area contributed by atoms with Crippen molar-refractivity contribution in [3.8, 4) is 0 Å². The van der Waals surface area contributed by atoms with E-state index in [1.54, 1.807) is 20.9 Å². The monoisotopic (exact) mass is 457 g/mol. The van der Waals surface area contributed by atoms with Gasteiger partial charge in [0, 0.05) is 20.1 Å². The Morgan fingerprint density at radius 2 is 1.77 bits per heavy atom. The third-order valence-corrected chi connectivity index (χ3v) is 6.61. The Bertz CT molecular complexity index is 918. The Balaban J connectivity index is 2.03. The lowest BCUT2D eigenvalue weighted by Gasteiger charge is -2.08. The molecule has 0 bridgehead atoms. The molecule has 2 heterocycles. The molecule has 7 nitrogen and oxygen atoms in total. The predicted octanol–water partition coefficient (Wildman–Crippen LogP) is 2.69. The maximum Gasteiger partial charge on any atom is 0.436 e. The number of aromatic nitrogens is 4. The number of hydrogen-bond acceptors (Lipinski definition) is 4. The van der Waals surface area contributed by atoms with Gasteiger partial charge in [-0.1, -0.05) is 0 Å². The first-order valence-electron chi connectivity index (χ1n) is 7.66. The molecule has 0 aromatic carbocycles. The molecule has 2 rings (SSSR count). The van der Waals surface area contributed by atoms with Crippen LogP contribution in [0, 0.1) is 20.8 Å². The predicted molar refractivity (Wildman–Crippen MR) is 92.2 cm³/mol. The quantitative estimate of drug-likeness (QED) is 0.676. The van der Waals surface area contributed by atoms with Crippen LogP contribution in [0.4, 0.5) is 13.2 Å². The second kappa shape index (κ2) is 7.31. The van der Waals surface area contributed by atoms with Crippen LogP contribution in [0.5, 0.6) is 0 Å². The SMILES string of the molecule is Cc1nn(C)c(C)c1S(=O)(=O)NCCCn1nc(C(F)(F)F)c(Br)c1C. The first kappa shape index (κ1) is 20.9. The van der Waals surface area contributed by atoms with Crippen LogP contribution in [0.3, 0.4) is 0 Å². The molecule has 0 aliphatic rings. The molecule has 2 aromatic heterocycles. The lowest BCUT2D eigenvalue weighted by molar-refractivity contribution is -0.142. The summed E-state index contributed by atoms with van der Waals surface area (Å²) in [5.74, 6) is 0. The molecule has 0 radical (unpaired) electrons. The van der Waals surface area contributed by atoms with E-state index in [4.69, 9.17) is 0 Å². The van der Waals surface area contributed by atoms with Crippen molar-refractivity contribution in [1.82, 2.24) is 24.3 Å². The van der Waals surface area contributed by atoms with Gasteiger partial charge in [-0.3, -0.25) is 9.36 Å². The van der Waals surface area contributed by atoms with Crippen molar-refractivity contribution in [1.29, 1.82) is 0 Å². The minimum absolute atomic E-state index is 0.0639. The molecule has 0 unspecified atom stereocenters. The minimum atomic E-state index is -4.55. The minimum Gasteiger partial charge on any atom is -0.271 e. The smallest absolute Gasteiger partial charge is 0.271 e. The average molecular weight is 458 g/mol. The van der Waals surface area contributed by atoms with Crippen LogP contribution in [0.25, 0.3) is 0 Å². The second-order valence-electron chi connectivity index (χ2n) is 5.84. The highest BCUT2D eigenvalue weighted by Crippen LogP contribution is 2.35. The van der Waals surface area contributed by atoms with E-state index in [1.165, 1.54) is 16.3 Å². The van der Waals surface area contributed by atoms with E-state index in [2.05, 4.69) is 30.8 Å². The van der Waals surface area contributed by atoms with Gasteiger partial charge in [0.05, 0.1) is 21.6 Å². The summed E-state index contributed by atoms with van der Waals surface area (Å²) in [7, 11) is -2.09. The van der Waals surface area contributed by atoms with Crippen molar-refractivity contribution < 1.29 is 21.6 Å². The number of sulfonamides is 1. The zero-order valence-electron chi connectivity index (χ0n) is 14.6. The summed E-state index contributed by atoms with van der Waals surface area (Å²) in [5, 5.41) is 7.63. The molecule has 0 amide bonds. The molecule has 26 heavy (non-hydrogen) atoms. The standard InChI is InChI=1S/C14H19BrF3N5O2S/c1-8-12(10(3)22(4)20-8)26(24,25)19-6-5-7-23-9(2)11(15)13(21-23)14(16,17)18/h19H,5-7H2,1-4H3. The van der Waals surface area contributed by atoms with Crippen LogP contribution in [-0.2, 0) is 29.8 Å². The van der Waals surface area contributed by atoms with E-state index in [0.717, 1.165) is 0 Å². The number of aryl methyl sites for hydroxylation is 3. The van der Waals surface area contributed by atoms with E-state index in [9.17, 15) is 21.6 Å². The van der Waals surface area contributed by atoms with Crippen LogP contribution in [0.1, 0.15) is 29.2 Å². The summed E-state index contributed by atoms with van der Waals surface area (Å²) in [6.45, 7) is 4.98. The molecule has 0 fully saturated rings. The first-order valence-corrected chi connectivity index (χ1v) is 9.94. The molecule has 12 heteroatoms. The number of nitrogens with zero attached hydrogens (tertiary/aromatic N) is 4. The molecule has 0 spiro atoms. The molecule has 0 atom stereocenters. The molecule has 0 aliphatic carbocycles. The molecule has 0 saturated heterocycles. The van der Waals surface area contributed by atoms with Gasteiger partial charge in [-0.2, -0.15) is 23.4 Å². The fraction of sp³-hybridized carbons (Fsp3) is 0.571. The summed E-state index contributed by atoms with van der Waals surface area (Å²) in [6, 6.07) is 0. The third-order valence-electron chi connectivity index (χ3n) is 3.95. The van der Waals surface area contributed by atoms with Gasteiger partial charge in [0.15, 0.2) is 5.69 Å². The van der Waals surface area contributed by atoms with E-state index in [1.807, 2.05) is 0 Å². The highest BCUT2D eigenvalue weighted by Gasteiger charge is 2.37. The van der Waals surface area contributed by atoms with Crippen LogP contribution in [0.2, 0.25) is 0 Å². The molecular weight excluding hydrogens is 439 g/mol.